The van der Waals surface area contributed by atoms with Crippen LogP contribution >= 0.6 is 0 Å². The summed E-state index contributed by atoms with van der Waals surface area (Å²) in [6, 6.07) is 0. The molecule has 0 saturated heterocycles. The van der Waals surface area contributed by atoms with E-state index in [0.717, 1.165) is 12.8 Å². The van der Waals surface area contributed by atoms with Gasteiger partial charge in [0.1, 0.15) is 0 Å². The minimum atomic E-state index is -0.0533. The van der Waals surface area contributed by atoms with Crippen molar-refractivity contribution in [2.45, 2.75) is 51.6 Å². The van der Waals surface area contributed by atoms with Crippen LogP contribution in [0.15, 0.2) is 11.6 Å². The van der Waals surface area contributed by atoms with Gasteiger partial charge in [-0.05, 0) is 43.9 Å². The quantitative estimate of drug-likeness (QED) is 0.628. The molecular formula is C11H18AcO. The van der Waals surface area contributed by atoms with Gasteiger partial charge < -0.3 is 5.11 Å². The second kappa shape index (κ2) is 4.78. The Bertz CT molecular complexity index is 212. The summed E-state index contributed by atoms with van der Waals surface area (Å²) in [5.74, 6) is 0. The largest absolute Gasteiger partial charge is 0.393 e. The van der Waals surface area contributed by atoms with Crippen molar-refractivity contribution < 1.29 is 49.2 Å². The predicted octanol–water partition coefficient (Wildman–Crippen LogP) is 2.65. The Balaban J connectivity index is 0.000000845. The van der Waals surface area contributed by atoms with Crippen molar-refractivity contribution >= 4 is 0 Å². The summed E-state index contributed by atoms with van der Waals surface area (Å²) < 4.78 is 0. The van der Waals surface area contributed by atoms with E-state index >= 15 is 0 Å². The van der Waals surface area contributed by atoms with Crippen LogP contribution in [0.5, 0.6) is 0 Å². The summed E-state index contributed by atoms with van der Waals surface area (Å²) in [5.41, 5.74) is 1.99. The predicted molar refractivity (Wildman–Crippen MR) is 49.9 cm³/mol. The van der Waals surface area contributed by atoms with E-state index < -0.39 is 0 Å². The minimum Gasteiger partial charge on any atom is -0.393 e. The van der Waals surface area contributed by atoms with Crippen molar-refractivity contribution in [1.82, 2.24) is 0 Å². The van der Waals surface area contributed by atoms with Crippen molar-refractivity contribution in [2.75, 3.05) is 0 Å². The maximum Gasteiger partial charge on any atom is 0.0577 e. The Morgan fingerprint density at radius 3 is 3.00 bits per heavy atom. The van der Waals surface area contributed by atoms with E-state index in [9.17, 15) is 5.11 Å². The fraction of sp³-hybridized carbons (Fsp3) is 0.818. The van der Waals surface area contributed by atoms with Gasteiger partial charge in [0.2, 0.25) is 0 Å². The zero-order valence-corrected chi connectivity index (χ0v) is 13.2. The average Bonchev–Trinajstić information content (AvgIpc) is 2.06. The van der Waals surface area contributed by atoms with Crippen LogP contribution in [0.4, 0.5) is 0 Å². The fourth-order valence-corrected chi connectivity index (χ4v) is 2.63. The van der Waals surface area contributed by atoms with E-state index in [1.807, 2.05) is 0 Å². The molecular weight excluding hydrogens is 375 g/mol. The number of fused-ring (bicyclic) bond motifs is 1. The molecule has 2 aliphatic carbocycles. The first kappa shape index (κ1) is 12.2. The Labute approximate surface area is 117 Å². The van der Waals surface area contributed by atoms with Crippen molar-refractivity contribution in [3.8, 4) is 0 Å². The Morgan fingerprint density at radius 1 is 1.46 bits per heavy atom. The topological polar surface area (TPSA) is 20.2 Å². The van der Waals surface area contributed by atoms with Gasteiger partial charge in [-0.2, -0.15) is 0 Å². The van der Waals surface area contributed by atoms with Gasteiger partial charge in [-0.25, -0.2) is 0 Å². The minimum absolute atomic E-state index is 0. The van der Waals surface area contributed by atoms with Crippen LogP contribution in [0.1, 0.15) is 45.4 Å². The van der Waals surface area contributed by atoms with Crippen molar-refractivity contribution in [3.63, 3.8) is 0 Å². The molecule has 0 amide bonds. The number of allylic oxidation sites excluding steroid dienone is 1. The standard InChI is InChI=1S/C11H18O.Ac/c1-11-6-3-2-4-9(11)8-10(12)5-7-11;/h4,10,12H,2-3,5-8H2,1H3;. The smallest absolute Gasteiger partial charge is 0.0577 e. The zero-order valence-electron chi connectivity index (χ0n) is 8.42. The van der Waals surface area contributed by atoms with E-state index in [1.54, 1.807) is 0 Å². The molecule has 2 rings (SSSR count). The van der Waals surface area contributed by atoms with E-state index in [0.29, 0.717) is 5.41 Å². The van der Waals surface area contributed by atoms with Crippen LogP contribution in [-0.4, -0.2) is 11.2 Å². The van der Waals surface area contributed by atoms with Crippen LogP contribution in [0.25, 0.3) is 0 Å². The van der Waals surface area contributed by atoms with E-state index in [4.69, 9.17) is 0 Å². The third kappa shape index (κ3) is 2.58. The molecule has 0 bridgehead atoms. The Kier molecular flexibility index (Phi) is 4.49. The van der Waals surface area contributed by atoms with Gasteiger partial charge in [0.05, 0.1) is 6.10 Å². The SMILES string of the molecule is CC12CCCC=C1CC(O)CC2.[Ac]. The summed E-state index contributed by atoms with van der Waals surface area (Å²) in [6.45, 7) is 2.36. The molecule has 0 heterocycles. The number of aliphatic hydroxyl groups is 1. The molecule has 2 atom stereocenters. The number of rotatable bonds is 0. The second-order valence-electron chi connectivity index (χ2n) is 4.58. The monoisotopic (exact) mass is 393 g/mol. The Hall–Kier alpha value is 1.14. The van der Waals surface area contributed by atoms with Crippen LogP contribution in [-0.2, 0) is 0 Å². The Morgan fingerprint density at radius 2 is 2.23 bits per heavy atom. The first-order valence-corrected chi connectivity index (χ1v) is 5.08. The molecule has 0 aromatic carbocycles. The van der Waals surface area contributed by atoms with Gasteiger partial charge in [-0.1, -0.05) is 18.6 Å². The van der Waals surface area contributed by atoms with Crippen molar-refractivity contribution in [2.24, 2.45) is 5.41 Å². The molecule has 2 aliphatic rings. The second-order valence-corrected chi connectivity index (χ2v) is 4.58. The van der Waals surface area contributed by atoms with Gasteiger partial charge in [-0.3, -0.25) is 0 Å². The molecule has 1 saturated carbocycles. The molecule has 0 aliphatic heterocycles. The van der Waals surface area contributed by atoms with Gasteiger partial charge in [0.15, 0.2) is 0 Å². The third-order valence-corrected chi connectivity index (χ3v) is 3.58. The first-order chi connectivity index (χ1) is 5.71. The molecule has 13 heavy (non-hydrogen) atoms. The third-order valence-electron chi connectivity index (χ3n) is 3.58. The van der Waals surface area contributed by atoms with Crippen molar-refractivity contribution in [1.29, 1.82) is 0 Å². The summed E-state index contributed by atoms with van der Waals surface area (Å²) in [4.78, 5) is 0. The average molecular weight is 393 g/mol. The molecule has 1 N–H and O–H groups in total. The van der Waals surface area contributed by atoms with Crippen LogP contribution in [0.3, 0.4) is 0 Å². The molecule has 71 valence electrons. The molecule has 2 heteroatoms. The van der Waals surface area contributed by atoms with E-state index in [1.165, 1.54) is 31.3 Å². The van der Waals surface area contributed by atoms with E-state index in [-0.39, 0.29) is 50.2 Å². The number of hydrogen-bond donors (Lipinski definition) is 1. The molecule has 1 radical (unpaired) electrons. The normalized spacial score (nSPS) is 38.6. The van der Waals surface area contributed by atoms with Crippen molar-refractivity contribution in [3.05, 3.63) is 11.6 Å². The van der Waals surface area contributed by atoms with E-state index in [2.05, 4.69) is 13.0 Å². The summed E-state index contributed by atoms with van der Waals surface area (Å²) in [6.07, 6.45) is 9.37. The van der Waals surface area contributed by atoms with Crippen LogP contribution in [0.2, 0.25) is 0 Å². The summed E-state index contributed by atoms with van der Waals surface area (Å²) in [7, 11) is 0. The van der Waals surface area contributed by atoms with Gasteiger partial charge in [0, 0.05) is 44.1 Å². The van der Waals surface area contributed by atoms with Gasteiger partial charge in [0.25, 0.3) is 0 Å². The number of aliphatic hydroxyl groups excluding tert-OH is 1. The zero-order chi connectivity index (χ0) is 8.60. The van der Waals surface area contributed by atoms with Crippen LogP contribution < -0.4 is 0 Å². The first-order valence-electron chi connectivity index (χ1n) is 5.08. The molecule has 2 unspecified atom stereocenters. The fourth-order valence-electron chi connectivity index (χ4n) is 2.63. The molecule has 0 aromatic heterocycles. The molecule has 0 aromatic rings. The summed E-state index contributed by atoms with van der Waals surface area (Å²) >= 11 is 0. The maximum atomic E-state index is 9.52. The van der Waals surface area contributed by atoms with Gasteiger partial charge in [-0.15, -0.1) is 0 Å². The molecule has 1 nitrogen and oxygen atoms in total. The maximum absolute atomic E-state index is 9.52. The summed E-state index contributed by atoms with van der Waals surface area (Å²) in [5, 5.41) is 9.52. The molecule has 1 fully saturated rings. The molecule has 0 spiro atoms. The number of hydrogen-bond acceptors (Lipinski definition) is 1. The van der Waals surface area contributed by atoms with Crippen LogP contribution in [0, 0.1) is 49.5 Å². The van der Waals surface area contributed by atoms with Gasteiger partial charge >= 0.3 is 0 Å².